The zero-order valence-electron chi connectivity index (χ0n) is 9.82. The van der Waals surface area contributed by atoms with Crippen molar-refractivity contribution in [2.75, 3.05) is 0 Å². The van der Waals surface area contributed by atoms with Crippen molar-refractivity contribution in [2.45, 2.75) is 9.92 Å². The fraction of sp³-hybridized carbons (Fsp3) is 0. The van der Waals surface area contributed by atoms with Crippen molar-refractivity contribution in [3.8, 4) is 0 Å². The van der Waals surface area contributed by atoms with Crippen LogP contribution in [0.2, 0.25) is 5.02 Å². The highest BCUT2D eigenvalue weighted by molar-refractivity contribution is 7.99. The van der Waals surface area contributed by atoms with E-state index in [0.717, 1.165) is 11.8 Å². The van der Waals surface area contributed by atoms with E-state index in [1.165, 1.54) is 30.5 Å². The highest BCUT2D eigenvalue weighted by Crippen LogP contribution is 2.35. The smallest absolute Gasteiger partial charge is 0.337 e. The number of nitro groups is 1. The summed E-state index contributed by atoms with van der Waals surface area (Å²) in [5, 5.41) is 20.4. The zero-order chi connectivity index (χ0) is 14.7. The summed E-state index contributed by atoms with van der Waals surface area (Å²) in [5.41, 5.74) is -0.0634. The van der Waals surface area contributed by atoms with E-state index in [1.807, 2.05) is 0 Å². The van der Waals surface area contributed by atoms with Gasteiger partial charge in [0.2, 0.25) is 0 Å². The Balaban J connectivity index is 2.30. The third kappa shape index (κ3) is 3.25. The molecule has 20 heavy (non-hydrogen) atoms. The van der Waals surface area contributed by atoms with Crippen LogP contribution in [-0.2, 0) is 0 Å². The van der Waals surface area contributed by atoms with Gasteiger partial charge >= 0.3 is 5.97 Å². The molecule has 0 aliphatic rings. The number of carboxylic acid groups (broad SMARTS) is 1. The summed E-state index contributed by atoms with van der Waals surface area (Å²) < 4.78 is 0. The lowest BCUT2D eigenvalue weighted by Gasteiger charge is -2.03. The Morgan fingerprint density at radius 3 is 2.65 bits per heavy atom. The van der Waals surface area contributed by atoms with Crippen molar-refractivity contribution in [3.05, 3.63) is 57.2 Å². The Morgan fingerprint density at radius 2 is 2.10 bits per heavy atom. The molecule has 6 nitrogen and oxygen atoms in total. The van der Waals surface area contributed by atoms with Gasteiger partial charge in [-0.3, -0.25) is 10.1 Å². The number of halogens is 1. The van der Waals surface area contributed by atoms with E-state index in [2.05, 4.69) is 4.98 Å². The first-order chi connectivity index (χ1) is 9.47. The normalized spacial score (nSPS) is 10.2. The van der Waals surface area contributed by atoms with Crippen LogP contribution in [0.25, 0.3) is 0 Å². The second kappa shape index (κ2) is 5.89. The van der Waals surface area contributed by atoms with Crippen molar-refractivity contribution in [2.24, 2.45) is 0 Å². The Labute approximate surface area is 122 Å². The molecule has 0 aliphatic carbocycles. The molecule has 0 unspecified atom stereocenters. The number of aromatic carboxylic acids is 1. The molecule has 1 aromatic carbocycles. The van der Waals surface area contributed by atoms with Crippen LogP contribution in [0.1, 0.15) is 10.4 Å². The van der Waals surface area contributed by atoms with Gasteiger partial charge in [-0.15, -0.1) is 0 Å². The fourth-order valence-corrected chi connectivity index (χ4v) is 2.41. The highest BCUT2D eigenvalue weighted by atomic mass is 35.5. The number of carboxylic acids is 1. The van der Waals surface area contributed by atoms with E-state index in [-0.39, 0.29) is 16.3 Å². The molecule has 1 heterocycles. The maximum atomic E-state index is 10.9. The molecule has 2 aromatic rings. The number of aromatic nitrogens is 1. The quantitative estimate of drug-likeness (QED) is 0.686. The van der Waals surface area contributed by atoms with Crippen molar-refractivity contribution in [1.29, 1.82) is 0 Å². The molecule has 0 saturated heterocycles. The van der Waals surface area contributed by atoms with Crippen molar-refractivity contribution >= 4 is 35.0 Å². The number of pyridine rings is 1. The Morgan fingerprint density at radius 1 is 1.35 bits per heavy atom. The molecule has 102 valence electrons. The van der Waals surface area contributed by atoms with Crippen LogP contribution in [0.15, 0.2) is 46.5 Å². The molecular formula is C12H7ClN2O4S. The van der Waals surface area contributed by atoms with Crippen LogP contribution >= 0.6 is 23.4 Å². The monoisotopic (exact) mass is 310 g/mol. The predicted octanol–water partition coefficient (Wildman–Crippen LogP) is 3.49. The van der Waals surface area contributed by atoms with Crippen molar-refractivity contribution in [1.82, 2.24) is 4.98 Å². The maximum absolute atomic E-state index is 10.9. The largest absolute Gasteiger partial charge is 0.478 e. The van der Waals surface area contributed by atoms with E-state index in [9.17, 15) is 14.9 Å². The van der Waals surface area contributed by atoms with E-state index in [0.29, 0.717) is 9.92 Å². The molecule has 0 bridgehead atoms. The zero-order valence-corrected chi connectivity index (χ0v) is 11.4. The molecule has 0 fully saturated rings. The lowest BCUT2D eigenvalue weighted by atomic mass is 10.3. The summed E-state index contributed by atoms with van der Waals surface area (Å²) in [5.74, 6) is -1.08. The van der Waals surface area contributed by atoms with Gasteiger partial charge in [0.05, 0.1) is 15.4 Å². The molecular weight excluding hydrogens is 304 g/mol. The summed E-state index contributed by atoms with van der Waals surface area (Å²) in [6, 6.07) is 7.21. The Hall–Kier alpha value is -2.12. The lowest BCUT2D eigenvalue weighted by Crippen LogP contribution is -1.97. The van der Waals surface area contributed by atoms with Crippen LogP contribution < -0.4 is 0 Å². The van der Waals surface area contributed by atoms with E-state index < -0.39 is 10.9 Å². The standard InChI is InChI=1S/C12H7ClN2O4S/c13-8-2-3-10(9(5-8)15(18)19)20-11-4-1-7(6-14-11)12(16)17/h1-6H,(H,16,17). The topological polar surface area (TPSA) is 93.3 Å². The van der Waals surface area contributed by atoms with Crippen LogP contribution in [0, 0.1) is 10.1 Å². The maximum Gasteiger partial charge on any atom is 0.337 e. The molecule has 1 N–H and O–H groups in total. The predicted molar refractivity (Wildman–Crippen MR) is 73.4 cm³/mol. The fourth-order valence-electron chi connectivity index (χ4n) is 1.40. The van der Waals surface area contributed by atoms with Gasteiger partial charge in [0.1, 0.15) is 5.03 Å². The number of benzene rings is 1. The van der Waals surface area contributed by atoms with E-state index in [1.54, 1.807) is 6.07 Å². The first kappa shape index (κ1) is 14.3. The SMILES string of the molecule is O=C(O)c1ccc(Sc2ccc(Cl)cc2[N+](=O)[O-])nc1. The summed E-state index contributed by atoms with van der Waals surface area (Å²) in [7, 11) is 0. The second-order valence-corrected chi connectivity index (χ2v) is 5.16. The van der Waals surface area contributed by atoms with Gasteiger partial charge in [-0.1, -0.05) is 23.4 Å². The minimum Gasteiger partial charge on any atom is -0.478 e. The molecule has 0 radical (unpaired) electrons. The van der Waals surface area contributed by atoms with E-state index >= 15 is 0 Å². The van der Waals surface area contributed by atoms with Gasteiger partial charge in [0.15, 0.2) is 0 Å². The average molecular weight is 311 g/mol. The average Bonchev–Trinajstić information content (AvgIpc) is 2.41. The third-order valence-electron chi connectivity index (χ3n) is 2.32. The number of hydrogen-bond donors (Lipinski definition) is 1. The molecule has 2 rings (SSSR count). The molecule has 8 heteroatoms. The number of carbonyl (C=O) groups is 1. The first-order valence-electron chi connectivity index (χ1n) is 5.28. The molecule has 1 aromatic heterocycles. The van der Waals surface area contributed by atoms with Gasteiger partial charge in [0, 0.05) is 17.3 Å². The summed E-state index contributed by atoms with van der Waals surface area (Å²) in [6.07, 6.45) is 1.20. The van der Waals surface area contributed by atoms with Crippen LogP contribution in [0.3, 0.4) is 0 Å². The lowest BCUT2D eigenvalue weighted by molar-refractivity contribution is -0.387. The van der Waals surface area contributed by atoms with Crippen molar-refractivity contribution in [3.63, 3.8) is 0 Å². The minimum absolute atomic E-state index is 0.0555. The van der Waals surface area contributed by atoms with Gasteiger partial charge in [0.25, 0.3) is 5.69 Å². The summed E-state index contributed by atoms with van der Waals surface area (Å²) >= 11 is 6.79. The Bertz CT molecular complexity index is 676. The number of rotatable bonds is 4. The van der Waals surface area contributed by atoms with Crippen LogP contribution in [-0.4, -0.2) is 21.0 Å². The molecule has 0 saturated carbocycles. The van der Waals surface area contributed by atoms with Gasteiger partial charge in [-0.2, -0.15) is 0 Å². The summed E-state index contributed by atoms with van der Waals surface area (Å²) in [6.45, 7) is 0. The molecule has 0 aliphatic heterocycles. The molecule has 0 amide bonds. The first-order valence-corrected chi connectivity index (χ1v) is 6.48. The van der Waals surface area contributed by atoms with E-state index in [4.69, 9.17) is 16.7 Å². The van der Waals surface area contributed by atoms with Gasteiger partial charge in [-0.25, -0.2) is 9.78 Å². The number of nitro benzene ring substituents is 1. The molecule has 0 spiro atoms. The Kier molecular flexibility index (Phi) is 4.21. The highest BCUT2D eigenvalue weighted by Gasteiger charge is 2.16. The van der Waals surface area contributed by atoms with Gasteiger partial charge < -0.3 is 5.11 Å². The second-order valence-electron chi connectivity index (χ2n) is 3.66. The van der Waals surface area contributed by atoms with Gasteiger partial charge in [-0.05, 0) is 24.3 Å². The molecule has 0 atom stereocenters. The third-order valence-corrected chi connectivity index (χ3v) is 3.57. The number of nitrogens with zero attached hydrogens (tertiary/aromatic N) is 2. The minimum atomic E-state index is -1.08. The number of hydrogen-bond acceptors (Lipinski definition) is 5. The van der Waals surface area contributed by atoms with Crippen molar-refractivity contribution < 1.29 is 14.8 Å². The van der Waals surface area contributed by atoms with Crippen LogP contribution in [0.4, 0.5) is 5.69 Å². The summed E-state index contributed by atoms with van der Waals surface area (Å²) in [4.78, 5) is 25.4. The van der Waals surface area contributed by atoms with Crippen LogP contribution in [0.5, 0.6) is 0 Å².